The lowest BCUT2D eigenvalue weighted by molar-refractivity contribution is 0.651. The van der Waals surface area contributed by atoms with Gasteiger partial charge in [0.05, 0.1) is 0 Å². The minimum Gasteiger partial charge on any atom is -0.0925 e. The zero-order valence-electron chi connectivity index (χ0n) is 9.96. The second-order valence-corrected chi connectivity index (χ2v) is 11.7. The largest absolute Gasteiger partial charge is 0.0925 e. The standard InChI is InChI=1S/C13H21BrSi/c1-15(2,3)11-13(10-14)9-12-7-5-4-6-8-12/h4-8,13H,9-11H2,1-3H3. The average molecular weight is 285 g/mol. The molecule has 0 radical (unpaired) electrons. The number of rotatable bonds is 5. The summed E-state index contributed by atoms with van der Waals surface area (Å²) < 4.78 is 0. The summed E-state index contributed by atoms with van der Waals surface area (Å²) in [7, 11) is -0.925. The van der Waals surface area contributed by atoms with Gasteiger partial charge in [0, 0.05) is 13.4 Å². The first-order chi connectivity index (χ1) is 7.01. The molecule has 0 aromatic heterocycles. The van der Waals surface area contributed by atoms with Crippen LogP contribution in [0.4, 0.5) is 0 Å². The summed E-state index contributed by atoms with van der Waals surface area (Å²) in [6.07, 6.45) is 1.22. The van der Waals surface area contributed by atoms with Crippen molar-refractivity contribution in [1.29, 1.82) is 0 Å². The fourth-order valence-electron chi connectivity index (χ4n) is 1.99. The quantitative estimate of drug-likeness (QED) is 0.549. The second-order valence-electron chi connectivity index (χ2n) is 5.47. The molecule has 0 bridgehead atoms. The van der Waals surface area contributed by atoms with Crippen LogP contribution in [0.1, 0.15) is 5.56 Å². The normalized spacial score (nSPS) is 13.9. The molecule has 0 fully saturated rings. The molecule has 0 amide bonds. The van der Waals surface area contributed by atoms with Crippen molar-refractivity contribution in [3.05, 3.63) is 35.9 Å². The molecule has 0 N–H and O–H groups in total. The van der Waals surface area contributed by atoms with E-state index in [4.69, 9.17) is 0 Å². The molecule has 0 saturated heterocycles. The molecule has 1 aromatic rings. The molecule has 1 aromatic carbocycles. The van der Waals surface area contributed by atoms with E-state index in [1.54, 1.807) is 0 Å². The van der Waals surface area contributed by atoms with Crippen LogP contribution in [0.3, 0.4) is 0 Å². The van der Waals surface area contributed by atoms with Gasteiger partial charge in [-0.05, 0) is 17.9 Å². The molecule has 0 saturated carbocycles. The number of hydrogen-bond donors (Lipinski definition) is 0. The Balaban J connectivity index is 2.55. The van der Waals surface area contributed by atoms with Crippen LogP contribution in [0.15, 0.2) is 30.3 Å². The number of benzene rings is 1. The molecule has 84 valence electrons. The molecule has 2 heteroatoms. The Morgan fingerprint density at radius 3 is 2.20 bits per heavy atom. The number of hydrogen-bond acceptors (Lipinski definition) is 0. The van der Waals surface area contributed by atoms with E-state index in [1.807, 2.05) is 0 Å². The van der Waals surface area contributed by atoms with Crippen LogP contribution in [0.2, 0.25) is 25.7 Å². The Bertz CT molecular complexity index is 276. The van der Waals surface area contributed by atoms with Crippen molar-refractivity contribution in [2.24, 2.45) is 5.92 Å². The van der Waals surface area contributed by atoms with E-state index in [1.165, 1.54) is 18.0 Å². The molecular weight excluding hydrogens is 264 g/mol. The Kier molecular flexibility index (Phi) is 5.07. The van der Waals surface area contributed by atoms with Crippen molar-refractivity contribution in [3.8, 4) is 0 Å². The lowest BCUT2D eigenvalue weighted by Crippen LogP contribution is -2.25. The molecule has 1 atom stereocenters. The van der Waals surface area contributed by atoms with Crippen LogP contribution < -0.4 is 0 Å². The smallest absolute Gasteiger partial charge is 0.0445 e. The fraction of sp³-hybridized carbons (Fsp3) is 0.538. The summed E-state index contributed by atoms with van der Waals surface area (Å²) in [6.45, 7) is 7.36. The van der Waals surface area contributed by atoms with Crippen molar-refractivity contribution in [2.45, 2.75) is 32.1 Å². The van der Waals surface area contributed by atoms with Gasteiger partial charge in [0.15, 0.2) is 0 Å². The maximum absolute atomic E-state index is 3.65. The molecule has 1 rings (SSSR count). The van der Waals surface area contributed by atoms with Crippen LogP contribution in [0.5, 0.6) is 0 Å². The first-order valence-electron chi connectivity index (χ1n) is 5.61. The highest BCUT2D eigenvalue weighted by atomic mass is 79.9. The predicted molar refractivity (Wildman–Crippen MR) is 75.6 cm³/mol. The molecule has 15 heavy (non-hydrogen) atoms. The Morgan fingerprint density at radius 2 is 1.73 bits per heavy atom. The summed E-state index contributed by atoms with van der Waals surface area (Å²) in [5, 5.41) is 1.13. The Labute approximate surface area is 103 Å². The van der Waals surface area contributed by atoms with Gasteiger partial charge in [-0.2, -0.15) is 0 Å². The summed E-state index contributed by atoms with van der Waals surface area (Å²) in [5.41, 5.74) is 1.47. The van der Waals surface area contributed by atoms with Crippen molar-refractivity contribution < 1.29 is 0 Å². The minimum absolute atomic E-state index is 0.805. The summed E-state index contributed by atoms with van der Waals surface area (Å²) in [5.74, 6) is 0.805. The SMILES string of the molecule is C[Si](C)(C)CC(CBr)Cc1ccccc1. The van der Waals surface area contributed by atoms with E-state index in [0.29, 0.717) is 0 Å². The first kappa shape index (κ1) is 13.0. The number of alkyl halides is 1. The van der Waals surface area contributed by atoms with E-state index in [0.717, 1.165) is 11.2 Å². The molecular formula is C13H21BrSi. The molecule has 0 aliphatic rings. The van der Waals surface area contributed by atoms with Crippen molar-refractivity contribution in [2.75, 3.05) is 5.33 Å². The second kappa shape index (κ2) is 5.85. The third-order valence-corrected chi connectivity index (χ3v) is 5.20. The lowest BCUT2D eigenvalue weighted by atomic mass is 10.0. The Morgan fingerprint density at radius 1 is 1.13 bits per heavy atom. The van der Waals surface area contributed by atoms with Crippen LogP contribution >= 0.6 is 15.9 Å². The molecule has 1 unspecified atom stereocenters. The minimum atomic E-state index is -0.925. The predicted octanol–water partition coefficient (Wildman–Crippen LogP) is 4.58. The van der Waals surface area contributed by atoms with Crippen LogP contribution in [0.25, 0.3) is 0 Å². The summed E-state index contributed by atoms with van der Waals surface area (Å²) in [4.78, 5) is 0. The third-order valence-electron chi connectivity index (χ3n) is 2.49. The summed E-state index contributed by atoms with van der Waals surface area (Å²) >= 11 is 3.65. The lowest BCUT2D eigenvalue weighted by Gasteiger charge is -2.23. The molecule has 0 aliphatic heterocycles. The van der Waals surface area contributed by atoms with Crippen LogP contribution in [0, 0.1) is 5.92 Å². The fourth-order valence-corrected chi connectivity index (χ4v) is 4.90. The van der Waals surface area contributed by atoms with Crippen molar-refractivity contribution in [3.63, 3.8) is 0 Å². The van der Waals surface area contributed by atoms with Gasteiger partial charge in [0.1, 0.15) is 0 Å². The zero-order valence-corrected chi connectivity index (χ0v) is 12.5. The van der Waals surface area contributed by atoms with E-state index >= 15 is 0 Å². The Hall–Kier alpha value is -0.0831. The van der Waals surface area contributed by atoms with E-state index < -0.39 is 8.07 Å². The molecule has 0 spiro atoms. The van der Waals surface area contributed by atoms with Crippen LogP contribution in [-0.2, 0) is 6.42 Å². The molecule has 0 nitrogen and oxygen atoms in total. The van der Waals surface area contributed by atoms with Gasteiger partial charge in [-0.3, -0.25) is 0 Å². The van der Waals surface area contributed by atoms with Gasteiger partial charge < -0.3 is 0 Å². The van der Waals surface area contributed by atoms with Crippen molar-refractivity contribution in [1.82, 2.24) is 0 Å². The van der Waals surface area contributed by atoms with Gasteiger partial charge in [-0.1, -0.05) is 71.9 Å². The number of halogens is 1. The molecule has 0 aliphatic carbocycles. The highest BCUT2D eigenvalue weighted by Crippen LogP contribution is 2.22. The van der Waals surface area contributed by atoms with Gasteiger partial charge in [-0.15, -0.1) is 0 Å². The van der Waals surface area contributed by atoms with Crippen molar-refractivity contribution >= 4 is 24.0 Å². The van der Waals surface area contributed by atoms with E-state index in [9.17, 15) is 0 Å². The van der Waals surface area contributed by atoms with Crippen LogP contribution in [-0.4, -0.2) is 13.4 Å². The van der Waals surface area contributed by atoms with Gasteiger partial charge in [-0.25, -0.2) is 0 Å². The monoisotopic (exact) mass is 284 g/mol. The van der Waals surface area contributed by atoms with Gasteiger partial charge in [0.25, 0.3) is 0 Å². The molecule has 0 heterocycles. The maximum atomic E-state index is 3.65. The zero-order chi connectivity index (χ0) is 11.3. The van der Waals surface area contributed by atoms with E-state index in [-0.39, 0.29) is 0 Å². The van der Waals surface area contributed by atoms with Gasteiger partial charge in [0.2, 0.25) is 0 Å². The highest BCUT2D eigenvalue weighted by molar-refractivity contribution is 9.09. The van der Waals surface area contributed by atoms with Gasteiger partial charge >= 0.3 is 0 Å². The average Bonchev–Trinajstić information content (AvgIpc) is 2.16. The third kappa shape index (κ3) is 5.52. The summed E-state index contributed by atoms with van der Waals surface area (Å²) in [6, 6.07) is 12.2. The maximum Gasteiger partial charge on any atom is 0.0445 e. The topological polar surface area (TPSA) is 0 Å². The van der Waals surface area contributed by atoms with E-state index in [2.05, 4.69) is 65.9 Å². The highest BCUT2D eigenvalue weighted by Gasteiger charge is 2.19. The first-order valence-corrected chi connectivity index (χ1v) is 10.4.